The molecule has 0 saturated heterocycles. The second kappa shape index (κ2) is 11.1. The van der Waals surface area contributed by atoms with Gasteiger partial charge in [0.05, 0.1) is 12.0 Å². The number of alkyl halides is 1. The number of nitrogens with zero attached hydrogens (tertiary/aromatic N) is 1. The third-order valence-corrected chi connectivity index (χ3v) is 5.91. The van der Waals surface area contributed by atoms with Crippen LogP contribution in [0.5, 0.6) is 0 Å². The highest BCUT2D eigenvalue weighted by molar-refractivity contribution is 6.18. The van der Waals surface area contributed by atoms with Crippen molar-refractivity contribution in [1.82, 2.24) is 4.98 Å². The lowest BCUT2D eigenvalue weighted by molar-refractivity contribution is 0.131. The summed E-state index contributed by atoms with van der Waals surface area (Å²) < 4.78 is 5.33. The van der Waals surface area contributed by atoms with Crippen LogP contribution in [-0.4, -0.2) is 36.3 Å². The minimum Gasteiger partial charge on any atom is -0.382 e. The molecule has 3 aromatic rings. The minimum atomic E-state index is -0.0228. The summed E-state index contributed by atoms with van der Waals surface area (Å²) in [6.07, 6.45) is 2.38. The number of ether oxygens (including phenoxy) is 1. The zero-order valence-electron chi connectivity index (χ0n) is 18.4. The number of aromatic nitrogens is 1. The Morgan fingerprint density at radius 3 is 2.48 bits per heavy atom. The Morgan fingerprint density at radius 2 is 1.84 bits per heavy atom. The SMILES string of the molecule is COC(CCl)CNc1ccc(C(CC(=N)c2ccnc(C)c2)c2ccccc2C)cc1. The van der Waals surface area contributed by atoms with Crippen molar-refractivity contribution in [2.24, 2.45) is 0 Å². The van der Waals surface area contributed by atoms with Gasteiger partial charge in [-0.25, -0.2) is 0 Å². The summed E-state index contributed by atoms with van der Waals surface area (Å²) >= 11 is 5.90. The van der Waals surface area contributed by atoms with Gasteiger partial charge in [0.1, 0.15) is 0 Å². The van der Waals surface area contributed by atoms with E-state index in [1.165, 1.54) is 16.7 Å². The summed E-state index contributed by atoms with van der Waals surface area (Å²) in [6, 6.07) is 20.8. The van der Waals surface area contributed by atoms with Crippen LogP contribution in [0.3, 0.4) is 0 Å². The maximum Gasteiger partial charge on any atom is 0.0878 e. The van der Waals surface area contributed by atoms with E-state index in [1.54, 1.807) is 13.3 Å². The maximum absolute atomic E-state index is 8.76. The Labute approximate surface area is 190 Å². The molecule has 31 heavy (non-hydrogen) atoms. The van der Waals surface area contributed by atoms with Crippen molar-refractivity contribution in [1.29, 1.82) is 5.41 Å². The molecule has 4 nitrogen and oxygen atoms in total. The smallest absolute Gasteiger partial charge is 0.0878 e. The Balaban J connectivity index is 1.85. The van der Waals surface area contributed by atoms with Gasteiger partial charge in [-0.1, -0.05) is 36.4 Å². The molecule has 0 spiro atoms. The van der Waals surface area contributed by atoms with Gasteiger partial charge in [-0.3, -0.25) is 4.98 Å². The highest BCUT2D eigenvalue weighted by Crippen LogP contribution is 2.32. The highest BCUT2D eigenvalue weighted by atomic mass is 35.5. The van der Waals surface area contributed by atoms with Crippen LogP contribution in [0.25, 0.3) is 0 Å². The number of rotatable bonds is 10. The van der Waals surface area contributed by atoms with Crippen molar-refractivity contribution >= 4 is 23.0 Å². The number of anilines is 1. The fraction of sp³-hybridized carbons (Fsp3) is 0.308. The number of hydrogen-bond acceptors (Lipinski definition) is 4. The molecule has 2 unspecified atom stereocenters. The average molecular weight is 436 g/mol. The van der Waals surface area contributed by atoms with Gasteiger partial charge in [-0.2, -0.15) is 0 Å². The molecule has 0 fully saturated rings. The van der Waals surface area contributed by atoms with Crippen molar-refractivity contribution in [3.05, 3.63) is 94.8 Å². The highest BCUT2D eigenvalue weighted by Gasteiger charge is 2.19. The summed E-state index contributed by atoms with van der Waals surface area (Å²) in [5.74, 6) is 0.554. The minimum absolute atomic E-state index is 0.0228. The summed E-state index contributed by atoms with van der Waals surface area (Å²) in [4.78, 5) is 4.26. The molecule has 5 heteroatoms. The van der Waals surface area contributed by atoms with Crippen molar-refractivity contribution in [3.63, 3.8) is 0 Å². The van der Waals surface area contributed by atoms with Crippen LogP contribution in [0.1, 0.15) is 40.3 Å². The Bertz CT molecular complexity index is 1000. The van der Waals surface area contributed by atoms with E-state index in [9.17, 15) is 0 Å². The molecule has 1 heterocycles. The molecule has 0 aliphatic rings. The van der Waals surface area contributed by atoms with Crippen LogP contribution in [0, 0.1) is 19.3 Å². The van der Waals surface area contributed by atoms with Gasteiger partial charge in [0.15, 0.2) is 0 Å². The molecular formula is C26H30ClN3O. The van der Waals surface area contributed by atoms with Crippen LogP contribution < -0.4 is 5.32 Å². The van der Waals surface area contributed by atoms with Gasteiger partial charge < -0.3 is 15.5 Å². The van der Waals surface area contributed by atoms with Crippen molar-refractivity contribution < 1.29 is 4.74 Å². The summed E-state index contributed by atoms with van der Waals surface area (Å²) in [5, 5.41) is 12.1. The molecule has 2 atom stereocenters. The van der Waals surface area contributed by atoms with Gasteiger partial charge in [-0.05, 0) is 60.4 Å². The molecule has 0 amide bonds. The molecule has 1 aromatic heterocycles. The molecule has 162 valence electrons. The number of nitrogens with one attached hydrogen (secondary N) is 2. The molecule has 0 radical (unpaired) electrons. The normalized spacial score (nSPS) is 12.9. The topological polar surface area (TPSA) is 58.0 Å². The lowest BCUT2D eigenvalue weighted by Crippen LogP contribution is -2.23. The Hall–Kier alpha value is -2.69. The largest absolute Gasteiger partial charge is 0.382 e. The quantitative estimate of drug-likeness (QED) is 0.305. The summed E-state index contributed by atoms with van der Waals surface area (Å²) in [6.45, 7) is 4.75. The molecule has 0 aliphatic carbocycles. The van der Waals surface area contributed by atoms with E-state index in [2.05, 4.69) is 65.8 Å². The lowest BCUT2D eigenvalue weighted by atomic mass is 9.83. The predicted molar refractivity (Wildman–Crippen MR) is 130 cm³/mol. The van der Waals surface area contributed by atoms with E-state index in [0.717, 1.165) is 16.9 Å². The fourth-order valence-electron chi connectivity index (χ4n) is 3.71. The van der Waals surface area contributed by atoms with Gasteiger partial charge in [-0.15, -0.1) is 11.6 Å². The first-order valence-electron chi connectivity index (χ1n) is 10.5. The molecular weight excluding hydrogens is 406 g/mol. The second-order valence-electron chi connectivity index (χ2n) is 7.79. The van der Waals surface area contributed by atoms with E-state index in [1.807, 2.05) is 19.1 Å². The first kappa shape index (κ1) is 23.0. The summed E-state index contributed by atoms with van der Waals surface area (Å²) in [5.41, 5.74) is 7.17. The maximum atomic E-state index is 8.76. The lowest BCUT2D eigenvalue weighted by Gasteiger charge is -2.21. The zero-order chi connectivity index (χ0) is 22.2. The first-order chi connectivity index (χ1) is 15.0. The molecule has 2 aromatic carbocycles. The Kier molecular flexibility index (Phi) is 8.21. The van der Waals surface area contributed by atoms with Crippen molar-refractivity contribution in [2.75, 3.05) is 24.9 Å². The standard InChI is InChI=1S/C26H30ClN3O/c1-18-6-4-5-7-24(18)25(15-26(28)21-12-13-29-19(2)14-21)20-8-10-22(11-9-20)30-17-23(16-27)31-3/h4-14,23,25,28,30H,15-17H2,1-3H3. The molecule has 0 saturated carbocycles. The first-order valence-corrected chi connectivity index (χ1v) is 11.0. The third-order valence-electron chi connectivity index (χ3n) is 5.57. The van der Waals surface area contributed by atoms with Crippen LogP contribution >= 0.6 is 11.6 Å². The van der Waals surface area contributed by atoms with Gasteiger partial charge in [0.2, 0.25) is 0 Å². The third kappa shape index (κ3) is 6.16. The molecule has 0 bridgehead atoms. The fourth-order valence-corrected chi connectivity index (χ4v) is 3.94. The van der Waals surface area contributed by atoms with Crippen LogP contribution in [0.15, 0.2) is 66.9 Å². The molecule has 3 rings (SSSR count). The molecule has 2 N–H and O–H groups in total. The van der Waals surface area contributed by atoms with Gasteiger partial charge in [0, 0.05) is 49.3 Å². The average Bonchev–Trinajstić information content (AvgIpc) is 2.79. The van der Waals surface area contributed by atoms with Crippen LogP contribution in [-0.2, 0) is 4.74 Å². The number of methoxy groups -OCH3 is 1. The number of halogens is 1. The predicted octanol–water partition coefficient (Wildman–Crippen LogP) is 5.95. The second-order valence-corrected chi connectivity index (χ2v) is 8.10. The van der Waals surface area contributed by atoms with E-state index < -0.39 is 0 Å². The number of aryl methyl sites for hydroxylation is 2. The van der Waals surface area contributed by atoms with Gasteiger partial charge >= 0.3 is 0 Å². The Morgan fingerprint density at radius 1 is 1.10 bits per heavy atom. The van der Waals surface area contributed by atoms with Crippen LogP contribution in [0.4, 0.5) is 5.69 Å². The monoisotopic (exact) mass is 435 g/mol. The van der Waals surface area contributed by atoms with Crippen LogP contribution in [0.2, 0.25) is 0 Å². The number of hydrogen-bond donors (Lipinski definition) is 2. The summed E-state index contributed by atoms with van der Waals surface area (Å²) in [7, 11) is 1.67. The van der Waals surface area contributed by atoms with Gasteiger partial charge in [0.25, 0.3) is 0 Å². The van der Waals surface area contributed by atoms with Crippen molar-refractivity contribution in [2.45, 2.75) is 32.3 Å². The zero-order valence-corrected chi connectivity index (χ0v) is 19.1. The van der Waals surface area contributed by atoms with E-state index in [4.69, 9.17) is 21.7 Å². The van der Waals surface area contributed by atoms with Crippen molar-refractivity contribution in [3.8, 4) is 0 Å². The molecule has 0 aliphatic heterocycles. The number of pyridine rings is 1. The number of benzene rings is 2. The van der Waals surface area contributed by atoms with E-state index in [0.29, 0.717) is 24.6 Å². The van der Waals surface area contributed by atoms with E-state index in [-0.39, 0.29) is 12.0 Å². The van der Waals surface area contributed by atoms with E-state index >= 15 is 0 Å².